The summed E-state index contributed by atoms with van der Waals surface area (Å²) in [6, 6.07) is 6.90. The molecular weight excluding hydrogens is 406 g/mol. The van der Waals surface area contributed by atoms with Crippen molar-refractivity contribution in [2.75, 3.05) is 26.4 Å². The van der Waals surface area contributed by atoms with Crippen molar-refractivity contribution in [3.8, 4) is 5.75 Å². The van der Waals surface area contributed by atoms with Gasteiger partial charge in [-0.25, -0.2) is 14.4 Å². The van der Waals surface area contributed by atoms with E-state index in [2.05, 4.69) is 18.5 Å². The van der Waals surface area contributed by atoms with Gasteiger partial charge in [-0.15, -0.1) is 0 Å². The third-order valence-corrected chi connectivity index (χ3v) is 3.69. The van der Waals surface area contributed by atoms with Crippen LogP contribution >= 0.6 is 0 Å². The summed E-state index contributed by atoms with van der Waals surface area (Å²) in [6.07, 6.45) is -1.36. The molecule has 1 aromatic carbocycles. The van der Waals surface area contributed by atoms with Crippen molar-refractivity contribution in [2.45, 2.75) is 33.0 Å². The highest BCUT2D eigenvalue weighted by Gasteiger charge is 2.12. The van der Waals surface area contributed by atoms with Crippen LogP contribution in [0.1, 0.15) is 25.8 Å². The molecule has 2 N–H and O–H groups in total. The van der Waals surface area contributed by atoms with E-state index in [1.165, 1.54) is 0 Å². The third-order valence-electron chi connectivity index (χ3n) is 3.69. The van der Waals surface area contributed by atoms with Gasteiger partial charge in [-0.05, 0) is 26.3 Å². The predicted molar refractivity (Wildman–Crippen MR) is 112 cm³/mol. The van der Waals surface area contributed by atoms with Crippen LogP contribution in [0.15, 0.2) is 48.6 Å². The Morgan fingerprint density at radius 1 is 1.00 bits per heavy atom. The quantitative estimate of drug-likeness (QED) is 0.210. The van der Waals surface area contributed by atoms with Gasteiger partial charge in [-0.2, -0.15) is 0 Å². The molecule has 1 amide bonds. The summed E-state index contributed by atoms with van der Waals surface area (Å²) < 4.78 is 20.5. The number of ether oxygens (including phenoxy) is 4. The van der Waals surface area contributed by atoms with Gasteiger partial charge in [-0.3, -0.25) is 0 Å². The molecule has 0 aliphatic rings. The van der Waals surface area contributed by atoms with E-state index in [-0.39, 0.29) is 38.5 Å². The molecule has 1 atom stereocenters. The second-order valence-electron chi connectivity index (χ2n) is 6.72. The van der Waals surface area contributed by atoms with Gasteiger partial charge in [0.15, 0.2) is 0 Å². The fourth-order valence-corrected chi connectivity index (χ4v) is 2.04. The maximum absolute atomic E-state index is 11.6. The van der Waals surface area contributed by atoms with Crippen molar-refractivity contribution in [2.24, 2.45) is 0 Å². The van der Waals surface area contributed by atoms with Gasteiger partial charge in [0.25, 0.3) is 0 Å². The van der Waals surface area contributed by atoms with Gasteiger partial charge in [0, 0.05) is 23.3 Å². The first kappa shape index (κ1) is 25.7. The maximum Gasteiger partial charge on any atom is 0.407 e. The molecule has 0 spiro atoms. The lowest BCUT2D eigenvalue weighted by molar-refractivity contribution is -0.140. The number of para-hydroxylation sites is 1. The van der Waals surface area contributed by atoms with Gasteiger partial charge in [0.05, 0.1) is 6.61 Å². The van der Waals surface area contributed by atoms with Gasteiger partial charge >= 0.3 is 18.0 Å². The minimum Gasteiger partial charge on any atom is -0.490 e. The van der Waals surface area contributed by atoms with Crippen LogP contribution in [0.3, 0.4) is 0 Å². The van der Waals surface area contributed by atoms with Crippen LogP contribution in [0.5, 0.6) is 5.75 Å². The maximum atomic E-state index is 11.6. The number of carbonyl (C=O) groups is 3. The molecule has 0 radical (unpaired) electrons. The Kier molecular flexibility index (Phi) is 11.5. The number of benzene rings is 1. The Labute approximate surface area is 181 Å². The number of aliphatic hydroxyl groups is 1. The summed E-state index contributed by atoms with van der Waals surface area (Å²) in [7, 11) is 0. The standard InChI is InChI=1S/C22H29NO8/c1-15(2)20(25)28-11-7-10-23-22(27)31-14-18(24)13-29-19-9-6-5-8-17(19)12-30-21(26)16(3)4/h5-6,8-9,18,24H,1,3,7,10-14H2,2,4H3,(H,23,27). The number of alkyl carbamates (subject to hydrolysis) is 1. The number of nitrogens with one attached hydrogen (secondary N) is 1. The topological polar surface area (TPSA) is 120 Å². The van der Waals surface area contributed by atoms with E-state index in [1.807, 2.05) is 0 Å². The van der Waals surface area contributed by atoms with E-state index in [0.717, 1.165) is 0 Å². The predicted octanol–water partition coefficient (Wildman–Crippen LogP) is 2.28. The number of aliphatic hydroxyl groups excluding tert-OH is 1. The highest BCUT2D eigenvalue weighted by atomic mass is 16.6. The van der Waals surface area contributed by atoms with Crippen LogP contribution < -0.4 is 10.1 Å². The molecule has 0 bridgehead atoms. The molecule has 0 heterocycles. The molecule has 9 heteroatoms. The Balaban J connectivity index is 2.28. The summed E-state index contributed by atoms with van der Waals surface area (Å²) in [5.41, 5.74) is 1.21. The van der Waals surface area contributed by atoms with E-state index < -0.39 is 24.1 Å². The first-order chi connectivity index (χ1) is 14.7. The summed E-state index contributed by atoms with van der Waals surface area (Å²) in [6.45, 7) is 10.1. The largest absolute Gasteiger partial charge is 0.490 e. The highest BCUT2D eigenvalue weighted by molar-refractivity contribution is 5.87. The van der Waals surface area contributed by atoms with Crippen LogP contribution in [-0.2, 0) is 30.4 Å². The zero-order chi connectivity index (χ0) is 23.2. The summed E-state index contributed by atoms with van der Waals surface area (Å²) in [4.78, 5) is 34.3. The first-order valence-electron chi connectivity index (χ1n) is 9.65. The van der Waals surface area contributed by atoms with Gasteiger partial charge < -0.3 is 29.4 Å². The molecule has 0 saturated heterocycles. The minimum atomic E-state index is -1.06. The zero-order valence-electron chi connectivity index (χ0n) is 17.8. The second kappa shape index (κ2) is 13.8. The van der Waals surface area contributed by atoms with Crippen LogP contribution in [0.2, 0.25) is 0 Å². The van der Waals surface area contributed by atoms with E-state index in [0.29, 0.717) is 23.3 Å². The fraction of sp³-hybridized carbons (Fsp3) is 0.409. The number of carbonyl (C=O) groups excluding carboxylic acids is 3. The number of hydrogen-bond donors (Lipinski definition) is 2. The third kappa shape index (κ3) is 10.9. The second-order valence-corrected chi connectivity index (χ2v) is 6.72. The van der Waals surface area contributed by atoms with Crippen LogP contribution in [0, 0.1) is 0 Å². The molecule has 1 rings (SSSR count). The molecule has 0 fully saturated rings. The SMILES string of the molecule is C=C(C)C(=O)OCCCNC(=O)OCC(O)COc1ccccc1COC(=O)C(=C)C. The van der Waals surface area contributed by atoms with Gasteiger partial charge in [-0.1, -0.05) is 31.4 Å². The normalized spacial score (nSPS) is 11.1. The molecule has 0 saturated carbocycles. The van der Waals surface area contributed by atoms with E-state index in [4.69, 9.17) is 18.9 Å². The molecule has 170 valence electrons. The average molecular weight is 435 g/mol. The molecule has 31 heavy (non-hydrogen) atoms. The summed E-state index contributed by atoms with van der Waals surface area (Å²) in [5.74, 6) is -0.561. The molecule has 9 nitrogen and oxygen atoms in total. The minimum absolute atomic E-state index is 0.00144. The molecule has 0 aromatic heterocycles. The molecule has 1 aromatic rings. The molecule has 0 aliphatic heterocycles. The zero-order valence-corrected chi connectivity index (χ0v) is 17.8. The van der Waals surface area contributed by atoms with Crippen LogP contribution in [0.4, 0.5) is 4.79 Å². The van der Waals surface area contributed by atoms with Crippen molar-refractivity contribution >= 4 is 18.0 Å². The number of hydrogen-bond acceptors (Lipinski definition) is 8. The molecule has 0 aliphatic carbocycles. The van der Waals surface area contributed by atoms with Gasteiger partial charge in [0.1, 0.15) is 31.7 Å². The highest BCUT2D eigenvalue weighted by Crippen LogP contribution is 2.19. The van der Waals surface area contributed by atoms with Crippen LogP contribution in [-0.4, -0.2) is 55.6 Å². The fourth-order valence-electron chi connectivity index (χ4n) is 2.04. The Hall–Kier alpha value is -3.33. The van der Waals surface area contributed by atoms with E-state index >= 15 is 0 Å². The Morgan fingerprint density at radius 2 is 1.65 bits per heavy atom. The number of amides is 1. The lowest BCUT2D eigenvalue weighted by atomic mass is 10.2. The Morgan fingerprint density at radius 3 is 2.32 bits per heavy atom. The van der Waals surface area contributed by atoms with Crippen molar-refractivity contribution in [1.82, 2.24) is 5.32 Å². The van der Waals surface area contributed by atoms with Crippen molar-refractivity contribution in [1.29, 1.82) is 0 Å². The van der Waals surface area contributed by atoms with Crippen molar-refractivity contribution < 1.29 is 38.4 Å². The number of rotatable bonds is 13. The van der Waals surface area contributed by atoms with Crippen LogP contribution in [0.25, 0.3) is 0 Å². The Bertz CT molecular complexity index is 789. The smallest absolute Gasteiger partial charge is 0.407 e. The van der Waals surface area contributed by atoms with E-state index in [9.17, 15) is 19.5 Å². The average Bonchev–Trinajstić information content (AvgIpc) is 2.74. The van der Waals surface area contributed by atoms with Gasteiger partial charge in [0.2, 0.25) is 0 Å². The monoisotopic (exact) mass is 435 g/mol. The molecular formula is C22H29NO8. The summed E-state index contributed by atoms with van der Waals surface area (Å²) in [5, 5.41) is 12.4. The van der Waals surface area contributed by atoms with E-state index in [1.54, 1.807) is 38.1 Å². The molecule has 1 unspecified atom stereocenters. The first-order valence-corrected chi connectivity index (χ1v) is 9.65. The lowest BCUT2D eigenvalue weighted by Crippen LogP contribution is -2.31. The summed E-state index contributed by atoms with van der Waals surface area (Å²) >= 11 is 0. The number of esters is 2. The van der Waals surface area contributed by atoms with Crippen molar-refractivity contribution in [3.05, 3.63) is 54.1 Å². The van der Waals surface area contributed by atoms with Crippen molar-refractivity contribution in [3.63, 3.8) is 0 Å². The lowest BCUT2D eigenvalue weighted by Gasteiger charge is -2.15.